The number of anilines is 1. The van der Waals surface area contributed by atoms with Crippen molar-refractivity contribution in [3.63, 3.8) is 0 Å². The molecule has 1 unspecified atom stereocenters. The Morgan fingerprint density at radius 1 is 1.14 bits per heavy atom. The Morgan fingerprint density at radius 3 is 2.45 bits per heavy atom. The van der Waals surface area contributed by atoms with Crippen molar-refractivity contribution in [1.82, 2.24) is 9.80 Å². The van der Waals surface area contributed by atoms with Crippen LogP contribution in [0.1, 0.15) is 34.0 Å². The highest BCUT2D eigenvalue weighted by molar-refractivity contribution is 6.04. The van der Waals surface area contributed by atoms with E-state index in [1.807, 2.05) is 18.9 Å². The highest BCUT2D eigenvalue weighted by atomic mass is 19.4. The average molecular weight is 405 g/mol. The normalized spacial score (nSPS) is 18.6. The fourth-order valence-electron chi connectivity index (χ4n) is 3.47. The summed E-state index contributed by atoms with van der Waals surface area (Å²) in [6.45, 7) is 6.48. The molecule has 1 saturated heterocycles. The molecule has 2 aromatic carbocycles. The molecule has 0 spiro atoms. The summed E-state index contributed by atoms with van der Waals surface area (Å²) < 4.78 is 41.1. The third kappa shape index (κ3) is 5.36. The number of carbonyl (C=O) groups excluding carboxylic acids is 1. The highest BCUT2D eigenvalue weighted by Gasteiger charge is 2.34. The molecular formula is C22H26F3N3O. The van der Waals surface area contributed by atoms with E-state index in [0.29, 0.717) is 11.6 Å². The van der Waals surface area contributed by atoms with Crippen LogP contribution < -0.4 is 5.32 Å². The summed E-state index contributed by atoms with van der Waals surface area (Å²) in [5.41, 5.74) is 1.06. The number of carbonyl (C=O) groups is 1. The molecule has 4 nitrogen and oxygen atoms in total. The summed E-state index contributed by atoms with van der Waals surface area (Å²) in [6, 6.07) is 11.2. The summed E-state index contributed by atoms with van der Waals surface area (Å²) in [7, 11) is 2.02. The SMILES string of the molecule is Cc1ccc(C(=O)Nc2ccc(CN3CCN(C)C(C)C3)c(C(F)(F)F)c2)cc1. The molecule has 1 amide bonds. The molecule has 1 atom stereocenters. The van der Waals surface area contributed by atoms with Gasteiger partial charge in [-0.3, -0.25) is 9.69 Å². The maximum absolute atomic E-state index is 13.7. The summed E-state index contributed by atoms with van der Waals surface area (Å²) in [5, 5.41) is 2.57. The lowest BCUT2D eigenvalue weighted by molar-refractivity contribution is -0.138. The largest absolute Gasteiger partial charge is 0.416 e. The molecule has 1 fully saturated rings. The number of benzene rings is 2. The molecule has 1 aliphatic rings. The number of nitrogens with zero attached hydrogens (tertiary/aromatic N) is 2. The van der Waals surface area contributed by atoms with E-state index in [1.165, 1.54) is 12.1 Å². The van der Waals surface area contributed by atoms with Crippen molar-refractivity contribution in [3.05, 3.63) is 64.7 Å². The third-order valence-corrected chi connectivity index (χ3v) is 5.42. The lowest BCUT2D eigenvalue weighted by Crippen LogP contribution is -2.49. The van der Waals surface area contributed by atoms with E-state index >= 15 is 0 Å². The van der Waals surface area contributed by atoms with Gasteiger partial charge >= 0.3 is 6.18 Å². The summed E-state index contributed by atoms with van der Waals surface area (Å²) in [6.07, 6.45) is -4.49. The van der Waals surface area contributed by atoms with Gasteiger partial charge in [0.05, 0.1) is 5.56 Å². The van der Waals surface area contributed by atoms with Gasteiger partial charge in [-0.25, -0.2) is 0 Å². The van der Waals surface area contributed by atoms with Crippen LogP contribution in [0.2, 0.25) is 0 Å². The van der Waals surface area contributed by atoms with Gasteiger partial charge in [-0.1, -0.05) is 23.8 Å². The first-order valence-electron chi connectivity index (χ1n) is 9.64. The quantitative estimate of drug-likeness (QED) is 0.819. The fourth-order valence-corrected chi connectivity index (χ4v) is 3.47. The number of alkyl halides is 3. The molecule has 29 heavy (non-hydrogen) atoms. The zero-order valence-electron chi connectivity index (χ0n) is 16.9. The minimum Gasteiger partial charge on any atom is -0.322 e. The number of nitrogens with one attached hydrogen (secondary N) is 1. The van der Waals surface area contributed by atoms with Gasteiger partial charge in [0.25, 0.3) is 5.91 Å². The van der Waals surface area contributed by atoms with Crippen LogP contribution in [-0.2, 0) is 12.7 Å². The first kappa shape index (κ1) is 21.3. The molecule has 2 aromatic rings. The zero-order chi connectivity index (χ0) is 21.2. The van der Waals surface area contributed by atoms with Crippen LogP contribution in [0.15, 0.2) is 42.5 Å². The minimum atomic E-state index is -4.49. The van der Waals surface area contributed by atoms with E-state index in [2.05, 4.69) is 17.1 Å². The van der Waals surface area contributed by atoms with Crippen LogP contribution in [0.25, 0.3) is 0 Å². The third-order valence-electron chi connectivity index (χ3n) is 5.42. The van der Waals surface area contributed by atoms with Gasteiger partial charge in [-0.15, -0.1) is 0 Å². The average Bonchev–Trinajstić information content (AvgIpc) is 2.65. The second-order valence-corrected chi connectivity index (χ2v) is 7.75. The summed E-state index contributed by atoms with van der Waals surface area (Å²) in [5.74, 6) is -0.432. The molecule has 0 aromatic heterocycles. The van der Waals surface area contributed by atoms with Gasteiger partial charge < -0.3 is 10.2 Å². The molecule has 1 heterocycles. The number of amides is 1. The van der Waals surface area contributed by atoms with E-state index in [0.717, 1.165) is 31.3 Å². The minimum absolute atomic E-state index is 0.137. The molecular weight excluding hydrogens is 379 g/mol. The Balaban J connectivity index is 1.79. The van der Waals surface area contributed by atoms with Crippen LogP contribution in [-0.4, -0.2) is 48.4 Å². The van der Waals surface area contributed by atoms with Crippen LogP contribution in [0.4, 0.5) is 18.9 Å². The molecule has 1 aliphatic heterocycles. The van der Waals surface area contributed by atoms with Gasteiger partial charge in [0.15, 0.2) is 0 Å². The zero-order valence-corrected chi connectivity index (χ0v) is 16.9. The van der Waals surface area contributed by atoms with E-state index in [1.54, 1.807) is 24.3 Å². The van der Waals surface area contributed by atoms with Gasteiger partial charge in [0.1, 0.15) is 0 Å². The van der Waals surface area contributed by atoms with Crippen molar-refractivity contribution >= 4 is 11.6 Å². The Kier molecular flexibility index (Phi) is 6.29. The number of hydrogen-bond donors (Lipinski definition) is 1. The maximum atomic E-state index is 13.7. The molecule has 7 heteroatoms. The summed E-state index contributed by atoms with van der Waals surface area (Å²) in [4.78, 5) is 16.6. The molecule has 0 radical (unpaired) electrons. The Morgan fingerprint density at radius 2 is 1.83 bits per heavy atom. The predicted molar refractivity (Wildman–Crippen MR) is 108 cm³/mol. The number of piperazine rings is 1. The second-order valence-electron chi connectivity index (χ2n) is 7.75. The van der Waals surface area contributed by atoms with Crippen molar-refractivity contribution in [2.45, 2.75) is 32.6 Å². The number of hydrogen-bond acceptors (Lipinski definition) is 3. The van der Waals surface area contributed by atoms with E-state index in [-0.39, 0.29) is 17.8 Å². The number of aryl methyl sites for hydroxylation is 1. The van der Waals surface area contributed by atoms with E-state index in [4.69, 9.17) is 0 Å². The van der Waals surface area contributed by atoms with Crippen molar-refractivity contribution in [2.75, 3.05) is 32.0 Å². The van der Waals surface area contributed by atoms with E-state index < -0.39 is 17.6 Å². The van der Waals surface area contributed by atoms with Crippen LogP contribution >= 0.6 is 0 Å². The Labute approximate surface area is 169 Å². The monoisotopic (exact) mass is 405 g/mol. The first-order valence-corrected chi connectivity index (χ1v) is 9.64. The molecule has 0 saturated carbocycles. The lowest BCUT2D eigenvalue weighted by Gasteiger charge is -2.38. The van der Waals surface area contributed by atoms with Gasteiger partial charge in [-0.05, 0) is 50.7 Å². The Bertz CT molecular complexity index is 865. The number of likely N-dealkylation sites (N-methyl/N-ethyl adjacent to an activating group) is 1. The van der Waals surface area contributed by atoms with Gasteiger partial charge in [0, 0.05) is 43.5 Å². The van der Waals surface area contributed by atoms with Crippen LogP contribution in [0.3, 0.4) is 0 Å². The molecule has 156 valence electrons. The summed E-state index contributed by atoms with van der Waals surface area (Å²) >= 11 is 0. The standard InChI is InChI=1S/C22H26F3N3O/c1-15-4-6-17(7-5-15)21(29)26-19-9-8-18(20(12-19)22(23,24)25)14-28-11-10-27(3)16(2)13-28/h4-9,12,16H,10-11,13-14H2,1-3H3,(H,26,29). The van der Waals surface area contributed by atoms with Gasteiger partial charge in [0.2, 0.25) is 0 Å². The van der Waals surface area contributed by atoms with Gasteiger partial charge in [-0.2, -0.15) is 13.2 Å². The molecule has 1 N–H and O–H groups in total. The molecule has 3 rings (SSSR count). The topological polar surface area (TPSA) is 35.6 Å². The Hall–Kier alpha value is -2.38. The predicted octanol–water partition coefficient (Wildman–Crippen LogP) is 4.40. The lowest BCUT2D eigenvalue weighted by atomic mass is 10.0. The van der Waals surface area contributed by atoms with E-state index in [9.17, 15) is 18.0 Å². The van der Waals surface area contributed by atoms with Crippen molar-refractivity contribution < 1.29 is 18.0 Å². The van der Waals surface area contributed by atoms with Crippen LogP contribution in [0, 0.1) is 6.92 Å². The van der Waals surface area contributed by atoms with Crippen LogP contribution in [0.5, 0.6) is 0 Å². The second kappa shape index (κ2) is 8.55. The highest BCUT2D eigenvalue weighted by Crippen LogP contribution is 2.34. The van der Waals surface area contributed by atoms with Crippen molar-refractivity contribution in [1.29, 1.82) is 0 Å². The smallest absolute Gasteiger partial charge is 0.322 e. The van der Waals surface area contributed by atoms with Crippen molar-refractivity contribution in [3.8, 4) is 0 Å². The number of halogens is 3. The molecule has 0 bridgehead atoms. The maximum Gasteiger partial charge on any atom is 0.416 e. The fraction of sp³-hybridized carbons (Fsp3) is 0.409. The van der Waals surface area contributed by atoms with Crippen molar-refractivity contribution in [2.24, 2.45) is 0 Å². The first-order chi connectivity index (χ1) is 13.6. The number of rotatable bonds is 4. The molecule has 0 aliphatic carbocycles.